The van der Waals surface area contributed by atoms with Crippen LogP contribution in [0, 0.1) is 5.82 Å². The number of rotatable bonds is 7. The Labute approximate surface area is 103 Å². The van der Waals surface area contributed by atoms with Gasteiger partial charge in [0, 0.05) is 18.7 Å². The first-order valence-electron chi connectivity index (χ1n) is 6.23. The number of hydrogen-bond acceptors (Lipinski definition) is 2. The number of halogens is 1. The molecule has 17 heavy (non-hydrogen) atoms. The van der Waals surface area contributed by atoms with Crippen LogP contribution in [0.3, 0.4) is 0 Å². The number of nitrogens with one attached hydrogen (secondary N) is 1. The van der Waals surface area contributed by atoms with Crippen LogP contribution in [0.2, 0.25) is 0 Å². The quantitative estimate of drug-likeness (QED) is 0.766. The first kappa shape index (κ1) is 14.1. The molecule has 0 saturated carbocycles. The smallest absolute Gasteiger partial charge is 0.123 e. The second-order valence-corrected chi connectivity index (χ2v) is 4.67. The van der Waals surface area contributed by atoms with Gasteiger partial charge < -0.3 is 10.4 Å². The molecule has 3 heteroatoms. The zero-order valence-electron chi connectivity index (χ0n) is 10.6. The lowest BCUT2D eigenvalue weighted by Gasteiger charge is -2.19. The maximum Gasteiger partial charge on any atom is 0.123 e. The van der Waals surface area contributed by atoms with Gasteiger partial charge in [-0.05, 0) is 50.8 Å². The Morgan fingerprint density at radius 2 is 1.82 bits per heavy atom. The van der Waals surface area contributed by atoms with E-state index in [0.29, 0.717) is 12.1 Å². The van der Waals surface area contributed by atoms with E-state index in [1.54, 1.807) is 0 Å². The van der Waals surface area contributed by atoms with Crippen molar-refractivity contribution in [3.8, 4) is 0 Å². The van der Waals surface area contributed by atoms with E-state index >= 15 is 0 Å². The molecule has 96 valence electrons. The zero-order chi connectivity index (χ0) is 12.7. The molecule has 0 heterocycles. The predicted molar refractivity (Wildman–Crippen MR) is 68.5 cm³/mol. The van der Waals surface area contributed by atoms with Gasteiger partial charge >= 0.3 is 0 Å². The van der Waals surface area contributed by atoms with Crippen molar-refractivity contribution in [1.29, 1.82) is 0 Å². The van der Waals surface area contributed by atoms with Gasteiger partial charge in [-0.2, -0.15) is 0 Å². The van der Waals surface area contributed by atoms with Crippen molar-refractivity contribution in [2.24, 2.45) is 0 Å². The molecule has 0 spiro atoms. The summed E-state index contributed by atoms with van der Waals surface area (Å²) in [5.41, 5.74) is 1.14. The number of benzene rings is 1. The number of aliphatic hydroxyl groups is 1. The van der Waals surface area contributed by atoms with E-state index in [-0.39, 0.29) is 12.4 Å². The Balaban J connectivity index is 2.33. The fraction of sp³-hybridized carbons (Fsp3) is 0.571. The molecule has 1 rings (SSSR count). The first-order valence-corrected chi connectivity index (χ1v) is 6.23. The highest BCUT2D eigenvalue weighted by Gasteiger charge is 2.07. The second kappa shape index (κ2) is 7.41. The van der Waals surface area contributed by atoms with E-state index in [0.717, 1.165) is 24.8 Å². The van der Waals surface area contributed by atoms with Gasteiger partial charge in [-0.1, -0.05) is 12.1 Å². The standard InChI is InChI=1S/C14H22FNO/c1-11(4-3-9-17)16-12(2)10-13-5-7-14(15)8-6-13/h5-8,11-12,16-17H,3-4,9-10H2,1-2H3/t11-,12-/m0/s1. The minimum Gasteiger partial charge on any atom is -0.396 e. The Hall–Kier alpha value is -0.930. The molecule has 0 radical (unpaired) electrons. The summed E-state index contributed by atoms with van der Waals surface area (Å²) < 4.78 is 12.7. The second-order valence-electron chi connectivity index (χ2n) is 4.67. The number of hydrogen-bond donors (Lipinski definition) is 2. The van der Waals surface area contributed by atoms with Crippen LogP contribution in [0.1, 0.15) is 32.3 Å². The highest BCUT2D eigenvalue weighted by atomic mass is 19.1. The van der Waals surface area contributed by atoms with Gasteiger partial charge in [0.1, 0.15) is 5.82 Å². The van der Waals surface area contributed by atoms with E-state index in [4.69, 9.17) is 5.11 Å². The van der Waals surface area contributed by atoms with Crippen LogP contribution >= 0.6 is 0 Å². The molecule has 1 aromatic carbocycles. The maximum atomic E-state index is 12.7. The average molecular weight is 239 g/mol. The van der Waals surface area contributed by atoms with Gasteiger partial charge in [-0.25, -0.2) is 4.39 Å². The van der Waals surface area contributed by atoms with E-state index in [2.05, 4.69) is 19.2 Å². The van der Waals surface area contributed by atoms with E-state index in [1.807, 2.05) is 12.1 Å². The van der Waals surface area contributed by atoms with Crippen molar-refractivity contribution in [3.05, 3.63) is 35.6 Å². The zero-order valence-corrected chi connectivity index (χ0v) is 10.6. The molecular formula is C14H22FNO. The van der Waals surface area contributed by atoms with Crippen molar-refractivity contribution < 1.29 is 9.50 Å². The minimum absolute atomic E-state index is 0.189. The molecule has 0 aliphatic carbocycles. The van der Waals surface area contributed by atoms with Gasteiger partial charge in [0.05, 0.1) is 0 Å². The summed E-state index contributed by atoms with van der Waals surface area (Å²) >= 11 is 0. The van der Waals surface area contributed by atoms with Crippen LogP contribution < -0.4 is 5.32 Å². The van der Waals surface area contributed by atoms with Gasteiger partial charge in [0.2, 0.25) is 0 Å². The molecular weight excluding hydrogens is 217 g/mol. The molecule has 0 aromatic heterocycles. The Bertz CT molecular complexity index is 313. The Morgan fingerprint density at radius 1 is 1.18 bits per heavy atom. The first-order chi connectivity index (χ1) is 8.11. The van der Waals surface area contributed by atoms with Gasteiger partial charge in [0.25, 0.3) is 0 Å². The highest BCUT2D eigenvalue weighted by Crippen LogP contribution is 2.07. The van der Waals surface area contributed by atoms with Crippen LogP contribution in [-0.2, 0) is 6.42 Å². The van der Waals surface area contributed by atoms with Crippen LogP contribution in [0.5, 0.6) is 0 Å². The fourth-order valence-electron chi connectivity index (χ4n) is 2.00. The maximum absolute atomic E-state index is 12.7. The molecule has 0 aliphatic heterocycles. The molecule has 0 bridgehead atoms. The highest BCUT2D eigenvalue weighted by molar-refractivity contribution is 5.17. The van der Waals surface area contributed by atoms with Crippen molar-refractivity contribution in [2.75, 3.05) is 6.61 Å². The molecule has 2 atom stereocenters. The molecule has 0 saturated heterocycles. The lowest BCUT2D eigenvalue weighted by Crippen LogP contribution is -2.35. The molecule has 0 aliphatic rings. The number of aliphatic hydroxyl groups excluding tert-OH is 1. The SMILES string of the molecule is C[C@@H](CCCO)N[C@@H](C)Cc1ccc(F)cc1. The van der Waals surface area contributed by atoms with Crippen LogP contribution in [0.4, 0.5) is 4.39 Å². The fourth-order valence-corrected chi connectivity index (χ4v) is 2.00. The predicted octanol–water partition coefficient (Wildman–Crippen LogP) is 2.51. The van der Waals surface area contributed by atoms with Crippen molar-refractivity contribution in [2.45, 2.75) is 45.2 Å². The van der Waals surface area contributed by atoms with E-state index < -0.39 is 0 Å². The molecule has 2 nitrogen and oxygen atoms in total. The lowest BCUT2D eigenvalue weighted by atomic mass is 10.1. The molecule has 0 unspecified atom stereocenters. The summed E-state index contributed by atoms with van der Waals surface area (Å²) in [6.07, 6.45) is 2.70. The summed E-state index contributed by atoms with van der Waals surface area (Å²) in [6, 6.07) is 7.40. The van der Waals surface area contributed by atoms with Crippen LogP contribution in [-0.4, -0.2) is 23.8 Å². The van der Waals surface area contributed by atoms with E-state index in [1.165, 1.54) is 12.1 Å². The van der Waals surface area contributed by atoms with Crippen molar-refractivity contribution in [1.82, 2.24) is 5.32 Å². The Morgan fingerprint density at radius 3 is 2.41 bits per heavy atom. The minimum atomic E-state index is -0.189. The largest absolute Gasteiger partial charge is 0.396 e. The third-order valence-electron chi connectivity index (χ3n) is 2.82. The lowest BCUT2D eigenvalue weighted by molar-refractivity contribution is 0.274. The summed E-state index contributed by atoms with van der Waals surface area (Å²) in [4.78, 5) is 0. The monoisotopic (exact) mass is 239 g/mol. The van der Waals surface area contributed by atoms with E-state index in [9.17, 15) is 4.39 Å². The Kier molecular flexibility index (Phi) is 6.16. The van der Waals surface area contributed by atoms with Gasteiger partial charge in [-0.15, -0.1) is 0 Å². The van der Waals surface area contributed by atoms with Gasteiger partial charge in [-0.3, -0.25) is 0 Å². The summed E-state index contributed by atoms with van der Waals surface area (Å²) in [5, 5.41) is 12.2. The average Bonchev–Trinajstić information content (AvgIpc) is 2.29. The molecule has 0 amide bonds. The van der Waals surface area contributed by atoms with Gasteiger partial charge in [0.15, 0.2) is 0 Å². The van der Waals surface area contributed by atoms with Crippen LogP contribution in [0.25, 0.3) is 0 Å². The van der Waals surface area contributed by atoms with Crippen molar-refractivity contribution >= 4 is 0 Å². The summed E-state index contributed by atoms with van der Waals surface area (Å²) in [5.74, 6) is -0.189. The third-order valence-corrected chi connectivity index (χ3v) is 2.82. The summed E-state index contributed by atoms with van der Waals surface area (Å²) in [7, 11) is 0. The van der Waals surface area contributed by atoms with Crippen molar-refractivity contribution in [3.63, 3.8) is 0 Å². The molecule has 1 aromatic rings. The van der Waals surface area contributed by atoms with Crippen LogP contribution in [0.15, 0.2) is 24.3 Å². The third kappa shape index (κ3) is 5.80. The topological polar surface area (TPSA) is 32.3 Å². The summed E-state index contributed by atoms with van der Waals surface area (Å²) in [6.45, 7) is 4.49. The molecule has 2 N–H and O–H groups in total. The molecule has 0 fully saturated rings. The normalized spacial score (nSPS) is 14.6.